The maximum absolute atomic E-state index is 14.1. The van der Waals surface area contributed by atoms with Gasteiger partial charge in [-0.2, -0.15) is 18.3 Å². The van der Waals surface area contributed by atoms with E-state index in [1.807, 2.05) is 0 Å². The summed E-state index contributed by atoms with van der Waals surface area (Å²) in [4.78, 5) is 16.8. The average Bonchev–Trinajstić information content (AvgIpc) is 3.05. The van der Waals surface area contributed by atoms with E-state index in [1.54, 1.807) is 36.7 Å². The number of rotatable bonds is 5. The number of halogens is 5. The maximum atomic E-state index is 14.1. The highest BCUT2D eigenvalue weighted by molar-refractivity contribution is 9.10. The minimum absolute atomic E-state index is 0.0406. The normalized spacial score (nSPS) is 11.7. The number of hydrogen-bond donors (Lipinski definition) is 1. The lowest BCUT2D eigenvalue weighted by molar-refractivity contribution is -0.140. The van der Waals surface area contributed by atoms with Gasteiger partial charge in [-0.1, -0.05) is 22.0 Å². The van der Waals surface area contributed by atoms with Gasteiger partial charge >= 0.3 is 6.18 Å². The molecule has 1 amide bonds. The van der Waals surface area contributed by atoms with Crippen molar-refractivity contribution in [3.05, 3.63) is 81.0 Å². The van der Waals surface area contributed by atoms with Gasteiger partial charge in [0.05, 0.1) is 41.8 Å². The molecule has 0 unspecified atom stereocenters. The molecule has 0 spiro atoms. The number of benzene rings is 2. The van der Waals surface area contributed by atoms with E-state index in [4.69, 9.17) is 4.74 Å². The minimum Gasteiger partial charge on any atom is -0.494 e. The molecule has 2 aromatic carbocycles. The molecule has 2 aromatic heterocycles. The number of methoxy groups -OCH3 is 1. The van der Waals surface area contributed by atoms with E-state index in [0.29, 0.717) is 27.1 Å². The van der Waals surface area contributed by atoms with Gasteiger partial charge in [-0.3, -0.25) is 9.48 Å². The van der Waals surface area contributed by atoms with E-state index in [1.165, 1.54) is 25.3 Å². The number of fused-ring (bicyclic) bond motifs is 1. The Labute approximate surface area is 206 Å². The van der Waals surface area contributed by atoms with Gasteiger partial charge < -0.3 is 10.1 Å². The van der Waals surface area contributed by atoms with Crippen LogP contribution in [0.2, 0.25) is 0 Å². The number of nitrogens with one attached hydrogen (secondary N) is 1. The predicted molar refractivity (Wildman–Crippen MR) is 126 cm³/mol. The second-order valence-electron chi connectivity index (χ2n) is 7.84. The molecule has 0 atom stereocenters. The van der Waals surface area contributed by atoms with Crippen molar-refractivity contribution in [3.8, 4) is 5.75 Å². The van der Waals surface area contributed by atoms with Gasteiger partial charge in [0.25, 0.3) is 5.91 Å². The zero-order valence-electron chi connectivity index (χ0n) is 18.8. The topological polar surface area (TPSA) is 69.0 Å². The van der Waals surface area contributed by atoms with Crippen LogP contribution in [0.3, 0.4) is 0 Å². The van der Waals surface area contributed by atoms with Crippen molar-refractivity contribution < 1.29 is 27.1 Å². The Morgan fingerprint density at radius 2 is 1.89 bits per heavy atom. The first-order chi connectivity index (χ1) is 16.5. The summed E-state index contributed by atoms with van der Waals surface area (Å²) < 4.78 is 61.5. The summed E-state index contributed by atoms with van der Waals surface area (Å²) in [5.74, 6) is -1.14. The van der Waals surface area contributed by atoms with E-state index in [9.17, 15) is 22.4 Å². The number of anilines is 1. The number of nitrogens with zero attached hydrogens (tertiary/aromatic N) is 3. The average molecular weight is 551 g/mol. The number of ether oxygens (including phenoxy) is 1. The lowest BCUT2D eigenvalue weighted by Gasteiger charge is -2.13. The van der Waals surface area contributed by atoms with Crippen LogP contribution in [0.15, 0.2) is 46.9 Å². The Balaban J connectivity index is 1.69. The van der Waals surface area contributed by atoms with Gasteiger partial charge in [0.1, 0.15) is 5.69 Å². The van der Waals surface area contributed by atoms with Gasteiger partial charge in [0.2, 0.25) is 0 Å². The molecule has 0 fully saturated rings. The summed E-state index contributed by atoms with van der Waals surface area (Å²) in [7, 11) is 1.37. The summed E-state index contributed by atoms with van der Waals surface area (Å²) in [6.07, 6.45) is -4.72. The van der Waals surface area contributed by atoms with Crippen LogP contribution < -0.4 is 10.1 Å². The zero-order valence-corrected chi connectivity index (χ0v) is 20.4. The molecule has 0 aliphatic carbocycles. The quantitative estimate of drug-likeness (QED) is 0.297. The third-order valence-electron chi connectivity index (χ3n) is 5.47. The number of pyridine rings is 1. The molecule has 0 saturated heterocycles. The number of alkyl halides is 3. The van der Waals surface area contributed by atoms with E-state index < -0.39 is 23.6 Å². The summed E-state index contributed by atoms with van der Waals surface area (Å²) >= 11 is 3.28. The first-order valence-electron chi connectivity index (χ1n) is 10.3. The molecule has 0 radical (unpaired) electrons. The fourth-order valence-electron chi connectivity index (χ4n) is 3.72. The van der Waals surface area contributed by atoms with Crippen molar-refractivity contribution in [1.29, 1.82) is 0 Å². The fraction of sp³-hybridized carbons (Fsp3) is 0.208. The minimum atomic E-state index is -4.72. The van der Waals surface area contributed by atoms with E-state index in [2.05, 4.69) is 31.3 Å². The molecule has 0 bridgehead atoms. The van der Waals surface area contributed by atoms with Gasteiger partial charge in [0, 0.05) is 9.86 Å². The smallest absolute Gasteiger partial charge is 0.433 e. The summed E-state index contributed by atoms with van der Waals surface area (Å²) in [5.41, 5.74) is 0.696. The Bertz CT molecular complexity index is 1450. The van der Waals surface area contributed by atoms with E-state index >= 15 is 0 Å². The monoisotopic (exact) mass is 550 g/mol. The highest BCUT2D eigenvalue weighted by Crippen LogP contribution is 2.33. The van der Waals surface area contributed by atoms with Gasteiger partial charge in [-0.05, 0) is 55.8 Å². The molecule has 11 heteroatoms. The Kier molecular flexibility index (Phi) is 6.54. The van der Waals surface area contributed by atoms with Crippen molar-refractivity contribution in [2.45, 2.75) is 26.6 Å². The zero-order chi connectivity index (χ0) is 25.5. The van der Waals surface area contributed by atoms with Crippen LogP contribution in [0.1, 0.15) is 33.0 Å². The molecule has 6 nitrogen and oxygen atoms in total. The summed E-state index contributed by atoms with van der Waals surface area (Å²) in [5, 5.41) is 7.37. The van der Waals surface area contributed by atoms with Crippen LogP contribution in [0.25, 0.3) is 10.9 Å². The second-order valence-corrected chi connectivity index (χ2v) is 8.76. The van der Waals surface area contributed by atoms with Gasteiger partial charge in [-0.15, -0.1) is 0 Å². The molecule has 0 aliphatic heterocycles. The van der Waals surface area contributed by atoms with E-state index in [-0.39, 0.29) is 28.8 Å². The highest BCUT2D eigenvalue weighted by atomic mass is 79.9. The summed E-state index contributed by atoms with van der Waals surface area (Å²) in [6, 6.07) is 9.76. The predicted octanol–water partition coefficient (Wildman–Crippen LogP) is 6.28. The molecule has 4 rings (SSSR count). The largest absolute Gasteiger partial charge is 0.494 e. The second kappa shape index (κ2) is 9.29. The molecular weight excluding hydrogens is 532 g/mol. The summed E-state index contributed by atoms with van der Waals surface area (Å²) in [6.45, 7) is 3.58. The van der Waals surface area contributed by atoms with Crippen molar-refractivity contribution in [3.63, 3.8) is 0 Å². The van der Waals surface area contributed by atoms with Crippen molar-refractivity contribution in [2.24, 2.45) is 0 Å². The molecule has 2 heterocycles. The highest BCUT2D eigenvalue weighted by Gasteiger charge is 2.34. The maximum Gasteiger partial charge on any atom is 0.433 e. The first-order valence-corrected chi connectivity index (χ1v) is 11.1. The molecule has 182 valence electrons. The molecule has 35 heavy (non-hydrogen) atoms. The van der Waals surface area contributed by atoms with Crippen LogP contribution >= 0.6 is 15.9 Å². The number of aryl methyl sites for hydroxylation is 1. The number of carbonyl (C=O) groups is 1. The van der Waals surface area contributed by atoms with Crippen LogP contribution in [0.5, 0.6) is 5.75 Å². The standard InChI is InChI=1S/C24H19BrF4N4O2/c1-12-22(13(2)33(32-12)11-14-4-7-20(35-3)18(26)8-14)31-23(34)17-10-21(24(27,28)29)30-19-6-5-15(25)9-16(17)19/h4-10H,11H2,1-3H3,(H,31,34). The van der Waals surface area contributed by atoms with Gasteiger partial charge in [-0.25, -0.2) is 9.37 Å². The van der Waals surface area contributed by atoms with Crippen molar-refractivity contribution in [2.75, 3.05) is 12.4 Å². The van der Waals surface area contributed by atoms with Gasteiger partial charge in [0.15, 0.2) is 11.6 Å². The van der Waals surface area contributed by atoms with Crippen LogP contribution in [-0.4, -0.2) is 27.8 Å². The Morgan fingerprint density at radius 3 is 2.54 bits per heavy atom. The lowest BCUT2D eigenvalue weighted by Crippen LogP contribution is -2.17. The van der Waals surface area contributed by atoms with Crippen molar-refractivity contribution in [1.82, 2.24) is 14.8 Å². The third-order valence-corrected chi connectivity index (χ3v) is 5.97. The number of aromatic nitrogens is 3. The third kappa shape index (κ3) is 5.00. The molecule has 1 N–H and O–H groups in total. The van der Waals surface area contributed by atoms with Crippen LogP contribution in [-0.2, 0) is 12.7 Å². The lowest BCUT2D eigenvalue weighted by atomic mass is 10.1. The Hall–Kier alpha value is -3.47. The number of hydrogen-bond acceptors (Lipinski definition) is 4. The Morgan fingerprint density at radius 1 is 1.14 bits per heavy atom. The van der Waals surface area contributed by atoms with Crippen LogP contribution in [0.4, 0.5) is 23.2 Å². The van der Waals surface area contributed by atoms with Crippen LogP contribution in [0, 0.1) is 19.7 Å². The molecule has 4 aromatic rings. The molecular formula is C24H19BrF4N4O2. The molecule has 0 aliphatic rings. The first kappa shape index (κ1) is 24.6. The van der Waals surface area contributed by atoms with E-state index in [0.717, 1.165) is 6.07 Å². The van der Waals surface area contributed by atoms with Crippen molar-refractivity contribution >= 4 is 38.4 Å². The number of amides is 1. The molecule has 0 saturated carbocycles. The fourth-order valence-corrected chi connectivity index (χ4v) is 4.09. The number of carbonyl (C=O) groups excluding carboxylic acids is 1. The SMILES string of the molecule is COc1ccc(Cn2nc(C)c(NC(=O)c3cc(C(F)(F)F)nc4ccc(Br)cc34)c2C)cc1F.